The number of imidazole rings is 2. The van der Waals surface area contributed by atoms with E-state index >= 15 is 0 Å². The molecule has 0 saturated heterocycles. The molecule has 2 heterocycles. The first-order chi connectivity index (χ1) is 6.93. The topological polar surface area (TPSA) is 57.4 Å². The number of hydrogen-bond donors (Lipinski definition) is 2. The van der Waals surface area contributed by atoms with Crippen molar-refractivity contribution >= 4 is 11.0 Å². The molecule has 1 aromatic carbocycles. The van der Waals surface area contributed by atoms with Crippen LogP contribution in [0.5, 0.6) is 0 Å². The molecule has 4 nitrogen and oxygen atoms in total. The Bertz CT molecular complexity index is 517. The molecule has 3 aromatic rings. The van der Waals surface area contributed by atoms with Crippen LogP contribution in [0.25, 0.3) is 22.6 Å². The predicted molar refractivity (Wildman–Crippen MR) is 53.7 cm³/mol. The molecule has 0 spiro atoms. The van der Waals surface area contributed by atoms with Gasteiger partial charge in [0.25, 0.3) is 0 Å². The van der Waals surface area contributed by atoms with Crippen molar-refractivity contribution in [3.8, 4) is 11.5 Å². The van der Waals surface area contributed by atoms with Gasteiger partial charge in [-0.25, -0.2) is 9.97 Å². The standard InChI is InChI=1S/C10H8N4/c1-2-4-8-7(3-1)13-10(14-8)9-5-11-6-12-9/h1-6H,(H,11,12)(H,13,14). The Hall–Kier alpha value is -2.10. The van der Waals surface area contributed by atoms with E-state index < -0.39 is 0 Å². The summed E-state index contributed by atoms with van der Waals surface area (Å²) in [5, 5.41) is 0. The maximum absolute atomic E-state index is 4.43. The van der Waals surface area contributed by atoms with Gasteiger partial charge in [0.05, 0.1) is 23.6 Å². The highest BCUT2D eigenvalue weighted by Gasteiger charge is 2.04. The molecule has 0 bridgehead atoms. The average molecular weight is 184 g/mol. The number of nitrogens with zero attached hydrogens (tertiary/aromatic N) is 2. The van der Waals surface area contributed by atoms with Crippen molar-refractivity contribution in [2.75, 3.05) is 0 Å². The first-order valence-electron chi connectivity index (χ1n) is 4.37. The van der Waals surface area contributed by atoms with Crippen LogP contribution in [0.3, 0.4) is 0 Å². The third-order valence-electron chi connectivity index (χ3n) is 2.14. The average Bonchev–Trinajstić information content (AvgIpc) is 2.86. The summed E-state index contributed by atoms with van der Waals surface area (Å²) < 4.78 is 0. The molecule has 4 heteroatoms. The van der Waals surface area contributed by atoms with E-state index in [2.05, 4.69) is 19.9 Å². The van der Waals surface area contributed by atoms with Crippen molar-refractivity contribution in [1.82, 2.24) is 19.9 Å². The van der Waals surface area contributed by atoms with Crippen LogP contribution in [0.1, 0.15) is 0 Å². The van der Waals surface area contributed by atoms with Gasteiger partial charge in [-0.15, -0.1) is 0 Å². The lowest BCUT2D eigenvalue weighted by Gasteiger charge is -1.86. The Morgan fingerprint density at radius 3 is 2.86 bits per heavy atom. The van der Waals surface area contributed by atoms with Gasteiger partial charge >= 0.3 is 0 Å². The second kappa shape index (κ2) is 2.70. The number of fused-ring (bicyclic) bond motifs is 1. The Kier molecular flexibility index (Phi) is 1.41. The summed E-state index contributed by atoms with van der Waals surface area (Å²) in [5.41, 5.74) is 2.91. The lowest BCUT2D eigenvalue weighted by molar-refractivity contribution is 1.27. The normalized spacial score (nSPS) is 10.9. The predicted octanol–water partition coefficient (Wildman–Crippen LogP) is 1.95. The second-order valence-corrected chi connectivity index (χ2v) is 3.07. The summed E-state index contributed by atoms with van der Waals surface area (Å²) >= 11 is 0. The second-order valence-electron chi connectivity index (χ2n) is 3.07. The molecule has 0 aliphatic carbocycles. The number of aromatic amines is 2. The molecule has 0 fully saturated rings. The molecule has 0 unspecified atom stereocenters. The monoisotopic (exact) mass is 184 g/mol. The summed E-state index contributed by atoms with van der Waals surface area (Å²) in [6, 6.07) is 7.94. The van der Waals surface area contributed by atoms with Gasteiger partial charge in [-0.1, -0.05) is 12.1 Å². The molecule has 0 amide bonds. The zero-order valence-electron chi connectivity index (χ0n) is 7.36. The smallest absolute Gasteiger partial charge is 0.156 e. The van der Waals surface area contributed by atoms with E-state index in [0.717, 1.165) is 22.6 Å². The minimum Gasteiger partial charge on any atom is -0.342 e. The molecular weight excluding hydrogens is 176 g/mol. The fourth-order valence-corrected chi connectivity index (χ4v) is 1.47. The van der Waals surface area contributed by atoms with E-state index in [0.29, 0.717) is 0 Å². The SMILES string of the molecule is c1ccc2[nH]c(-c3cnc[nH]3)nc2c1. The number of H-pyrrole nitrogens is 2. The summed E-state index contributed by atoms with van der Waals surface area (Å²) in [6.45, 7) is 0. The Morgan fingerprint density at radius 1 is 1.14 bits per heavy atom. The van der Waals surface area contributed by atoms with E-state index in [-0.39, 0.29) is 0 Å². The fourth-order valence-electron chi connectivity index (χ4n) is 1.47. The van der Waals surface area contributed by atoms with Crippen LogP contribution in [0.2, 0.25) is 0 Å². The van der Waals surface area contributed by atoms with Gasteiger partial charge in [0.1, 0.15) is 5.69 Å². The first kappa shape index (κ1) is 7.32. The maximum atomic E-state index is 4.43. The van der Waals surface area contributed by atoms with Gasteiger partial charge < -0.3 is 9.97 Å². The van der Waals surface area contributed by atoms with Gasteiger partial charge in [0, 0.05) is 0 Å². The van der Waals surface area contributed by atoms with Crippen LogP contribution < -0.4 is 0 Å². The molecule has 0 saturated carbocycles. The maximum Gasteiger partial charge on any atom is 0.156 e. The van der Waals surface area contributed by atoms with Gasteiger partial charge in [0.15, 0.2) is 5.82 Å². The summed E-state index contributed by atoms with van der Waals surface area (Å²) in [4.78, 5) is 14.6. The zero-order valence-corrected chi connectivity index (χ0v) is 7.36. The van der Waals surface area contributed by atoms with Crippen LogP contribution in [0, 0.1) is 0 Å². The van der Waals surface area contributed by atoms with Crippen molar-refractivity contribution in [3.63, 3.8) is 0 Å². The number of para-hydroxylation sites is 2. The van der Waals surface area contributed by atoms with Crippen molar-refractivity contribution in [3.05, 3.63) is 36.8 Å². The summed E-state index contributed by atoms with van der Waals surface area (Å²) in [5.74, 6) is 0.823. The van der Waals surface area contributed by atoms with E-state index in [4.69, 9.17) is 0 Å². The number of hydrogen-bond acceptors (Lipinski definition) is 2. The Labute approximate surface area is 80.0 Å². The van der Waals surface area contributed by atoms with Crippen molar-refractivity contribution in [2.45, 2.75) is 0 Å². The van der Waals surface area contributed by atoms with Crippen LogP contribution >= 0.6 is 0 Å². The lowest BCUT2D eigenvalue weighted by Crippen LogP contribution is -1.77. The number of benzene rings is 1. The number of aromatic nitrogens is 4. The van der Waals surface area contributed by atoms with E-state index in [1.165, 1.54) is 0 Å². The summed E-state index contributed by atoms with van der Waals surface area (Å²) in [6.07, 6.45) is 3.39. The Morgan fingerprint density at radius 2 is 2.07 bits per heavy atom. The molecule has 68 valence electrons. The first-order valence-corrected chi connectivity index (χ1v) is 4.37. The highest BCUT2D eigenvalue weighted by Crippen LogP contribution is 2.17. The highest BCUT2D eigenvalue weighted by molar-refractivity contribution is 5.78. The molecule has 3 rings (SSSR count). The van der Waals surface area contributed by atoms with Gasteiger partial charge in [0.2, 0.25) is 0 Å². The number of rotatable bonds is 1. The molecular formula is C10H8N4. The van der Waals surface area contributed by atoms with Gasteiger partial charge in [-0.3, -0.25) is 0 Å². The minimum atomic E-state index is 0.823. The van der Waals surface area contributed by atoms with Crippen LogP contribution in [0.15, 0.2) is 36.8 Å². The number of nitrogens with one attached hydrogen (secondary N) is 2. The minimum absolute atomic E-state index is 0.823. The highest BCUT2D eigenvalue weighted by atomic mass is 15.0. The molecule has 2 N–H and O–H groups in total. The van der Waals surface area contributed by atoms with Crippen molar-refractivity contribution in [1.29, 1.82) is 0 Å². The molecule has 0 aliphatic heterocycles. The molecule has 2 aromatic heterocycles. The zero-order chi connectivity index (χ0) is 9.38. The van der Waals surface area contributed by atoms with Crippen LogP contribution in [-0.2, 0) is 0 Å². The fraction of sp³-hybridized carbons (Fsp3) is 0. The van der Waals surface area contributed by atoms with Gasteiger partial charge in [-0.2, -0.15) is 0 Å². The third kappa shape index (κ3) is 1.01. The third-order valence-corrected chi connectivity index (χ3v) is 2.14. The molecule has 0 atom stereocenters. The van der Waals surface area contributed by atoms with E-state index in [1.807, 2.05) is 24.3 Å². The lowest BCUT2D eigenvalue weighted by atomic mass is 10.3. The molecule has 14 heavy (non-hydrogen) atoms. The van der Waals surface area contributed by atoms with Crippen LogP contribution in [-0.4, -0.2) is 19.9 Å². The van der Waals surface area contributed by atoms with E-state index in [9.17, 15) is 0 Å². The molecule has 0 radical (unpaired) electrons. The van der Waals surface area contributed by atoms with Crippen molar-refractivity contribution in [2.24, 2.45) is 0 Å². The largest absolute Gasteiger partial charge is 0.342 e. The van der Waals surface area contributed by atoms with Gasteiger partial charge in [-0.05, 0) is 12.1 Å². The quantitative estimate of drug-likeness (QED) is 0.607. The summed E-state index contributed by atoms with van der Waals surface area (Å²) in [7, 11) is 0. The van der Waals surface area contributed by atoms with Crippen LogP contribution in [0.4, 0.5) is 0 Å². The molecule has 0 aliphatic rings. The Balaban J connectivity index is 2.24. The van der Waals surface area contributed by atoms with E-state index in [1.54, 1.807) is 12.5 Å². The van der Waals surface area contributed by atoms with Crippen molar-refractivity contribution < 1.29 is 0 Å².